The third kappa shape index (κ3) is 11.4. The topological polar surface area (TPSA) is 0 Å². The van der Waals surface area contributed by atoms with Crippen LogP contribution in [0, 0.1) is 35.6 Å². The summed E-state index contributed by atoms with van der Waals surface area (Å²) in [5.41, 5.74) is 14.0. The van der Waals surface area contributed by atoms with Gasteiger partial charge < -0.3 is 14.9 Å². The van der Waals surface area contributed by atoms with E-state index in [2.05, 4.69) is 132 Å². The van der Waals surface area contributed by atoms with E-state index in [1.54, 1.807) is 5.56 Å². The van der Waals surface area contributed by atoms with E-state index in [4.69, 9.17) is 0 Å². The van der Waals surface area contributed by atoms with Gasteiger partial charge in [-0.3, -0.25) is 0 Å². The zero-order valence-electron chi connectivity index (χ0n) is 33.0. The summed E-state index contributed by atoms with van der Waals surface area (Å²) in [4.78, 5) is 0. The SMILES string of the molecule is CCc1cc2c(-c3ccc(C4CCCCC4)cc3)cc(C)cc2[cH-]1.Cc1cc(-c2ccc(C3CCCCC3)cc2)c2cc(C)[cH-]c2c1.Cl.Cl.[CH3-].[CH3-].[Si]=[Zr]. The quantitative estimate of drug-likeness (QED) is 0.120. The summed E-state index contributed by atoms with van der Waals surface area (Å²) >= 11 is 1.36. The van der Waals surface area contributed by atoms with Crippen LogP contribution in [0.2, 0.25) is 0 Å². The van der Waals surface area contributed by atoms with Gasteiger partial charge in [0.2, 0.25) is 0 Å². The zero-order valence-corrected chi connectivity index (χ0v) is 38.1. The van der Waals surface area contributed by atoms with E-state index < -0.39 is 0 Å². The van der Waals surface area contributed by atoms with E-state index in [0.29, 0.717) is 0 Å². The summed E-state index contributed by atoms with van der Waals surface area (Å²) in [7, 11) is 0. The average Bonchev–Trinajstić information content (AvgIpc) is 3.75. The van der Waals surface area contributed by atoms with E-state index >= 15 is 0 Å². The van der Waals surface area contributed by atoms with Gasteiger partial charge in [-0.15, -0.1) is 81.8 Å². The maximum atomic E-state index is 3.06. The fourth-order valence-corrected chi connectivity index (χ4v) is 8.58. The normalized spacial score (nSPS) is 14.2. The molecule has 2 aliphatic rings. The van der Waals surface area contributed by atoms with Gasteiger partial charge in [0.05, 0.1) is 0 Å². The molecule has 2 radical (unpaired) electrons. The number of hydrogen-bond acceptors (Lipinski definition) is 0. The number of rotatable bonds is 5. The first-order valence-electron chi connectivity index (χ1n) is 18.8. The van der Waals surface area contributed by atoms with Crippen molar-refractivity contribution in [2.24, 2.45) is 0 Å². The molecule has 0 nitrogen and oxygen atoms in total. The Morgan fingerprint density at radius 1 is 0.547 bits per heavy atom. The van der Waals surface area contributed by atoms with Crippen LogP contribution < -0.4 is 0 Å². The van der Waals surface area contributed by atoms with E-state index in [0.717, 1.165) is 18.3 Å². The maximum absolute atomic E-state index is 3.06. The van der Waals surface area contributed by atoms with Crippen molar-refractivity contribution in [3.63, 3.8) is 0 Å². The van der Waals surface area contributed by atoms with Gasteiger partial charge in [0.25, 0.3) is 0 Å². The van der Waals surface area contributed by atoms with Crippen molar-refractivity contribution in [1.82, 2.24) is 0 Å². The van der Waals surface area contributed by atoms with Crippen molar-refractivity contribution in [2.75, 3.05) is 0 Å². The Morgan fingerprint density at radius 3 is 1.36 bits per heavy atom. The van der Waals surface area contributed by atoms with Crippen molar-refractivity contribution in [2.45, 2.75) is 110 Å². The van der Waals surface area contributed by atoms with Crippen LogP contribution in [0.5, 0.6) is 0 Å². The molecule has 2 aliphatic carbocycles. The van der Waals surface area contributed by atoms with Crippen LogP contribution in [0.15, 0.2) is 97.1 Å². The molecular formula is C49H60Cl2SiZr-4. The minimum absolute atomic E-state index is 0. The number of fused-ring (bicyclic) bond motifs is 2. The molecule has 0 aromatic heterocycles. The molecule has 0 heterocycles. The molecule has 8 rings (SSSR count). The Labute approximate surface area is 351 Å². The average molecular weight is 839 g/mol. The number of aryl methyl sites for hydroxylation is 4. The van der Waals surface area contributed by atoms with Gasteiger partial charge in [-0.05, 0) is 80.0 Å². The van der Waals surface area contributed by atoms with Gasteiger partial charge in [0.15, 0.2) is 0 Å². The van der Waals surface area contributed by atoms with Crippen molar-refractivity contribution < 1.29 is 23.3 Å². The summed E-state index contributed by atoms with van der Waals surface area (Å²) in [5, 5.41) is 5.55. The van der Waals surface area contributed by atoms with Gasteiger partial charge in [0, 0.05) is 0 Å². The van der Waals surface area contributed by atoms with Crippen LogP contribution in [0.3, 0.4) is 0 Å². The second-order valence-corrected chi connectivity index (χ2v) is 14.8. The van der Waals surface area contributed by atoms with Crippen LogP contribution in [-0.2, 0) is 29.8 Å². The van der Waals surface area contributed by atoms with Gasteiger partial charge in [-0.25, -0.2) is 0 Å². The monoisotopic (exact) mass is 836 g/mol. The predicted molar refractivity (Wildman–Crippen MR) is 238 cm³/mol. The van der Waals surface area contributed by atoms with E-state index in [-0.39, 0.29) is 39.7 Å². The Morgan fingerprint density at radius 2 is 0.943 bits per heavy atom. The molecule has 0 unspecified atom stereocenters. The van der Waals surface area contributed by atoms with Gasteiger partial charge in [-0.1, -0.05) is 135 Å². The molecule has 53 heavy (non-hydrogen) atoms. The molecule has 282 valence electrons. The molecule has 0 amide bonds. The second kappa shape index (κ2) is 22.4. The molecule has 0 aliphatic heterocycles. The molecule has 4 heteroatoms. The van der Waals surface area contributed by atoms with Crippen LogP contribution in [0.1, 0.15) is 116 Å². The first-order chi connectivity index (χ1) is 23.9. The molecule has 0 N–H and O–H groups in total. The summed E-state index contributed by atoms with van der Waals surface area (Å²) < 4.78 is 0. The fourth-order valence-electron chi connectivity index (χ4n) is 8.58. The van der Waals surface area contributed by atoms with Crippen LogP contribution in [-0.4, -0.2) is 6.88 Å². The Balaban J connectivity index is 0.000000327. The van der Waals surface area contributed by atoms with Crippen LogP contribution >= 0.6 is 24.8 Å². The number of hydrogen-bond donors (Lipinski definition) is 0. The molecule has 6 aromatic carbocycles. The minimum atomic E-state index is 0. The van der Waals surface area contributed by atoms with Gasteiger partial charge in [0.1, 0.15) is 0 Å². The van der Waals surface area contributed by atoms with E-state index in [9.17, 15) is 0 Å². The zero-order chi connectivity index (χ0) is 34.3. The fraction of sp³-hybridized carbons (Fsp3) is 0.347. The first-order valence-corrected chi connectivity index (χ1v) is 23.0. The van der Waals surface area contributed by atoms with Gasteiger partial charge >= 0.3 is 30.2 Å². The molecule has 2 fully saturated rings. The summed E-state index contributed by atoms with van der Waals surface area (Å²) in [6, 6.07) is 37.5. The molecule has 2 saturated carbocycles. The van der Waals surface area contributed by atoms with E-state index in [1.807, 2.05) is 0 Å². The third-order valence-corrected chi connectivity index (χ3v) is 11.1. The first kappa shape index (κ1) is 46.9. The standard InChI is InChI=1S/C24H27.C23H25.2CH3.2ClH.Si.Zr/c1-3-18-15-22-13-17(2)14-23(24(22)16-18)21-11-9-20(10-12-21)19-7-5-4-6-8-19;1-16-12-21-13-17(2)15-23(21)22(14-16)20-10-8-19(9-11-20)18-6-4-3-5-7-18;;;;;;/h9-16,19H,3-8H2,1-2H3;8-15,18H,3-7H2,1-2H3;2*1H3;2*1H;;/q4*-1;;;;. The number of benzene rings is 4. The summed E-state index contributed by atoms with van der Waals surface area (Å²) in [6.07, 6.45) is 15.0. The molecule has 0 atom stereocenters. The van der Waals surface area contributed by atoms with Crippen LogP contribution in [0.25, 0.3) is 43.8 Å². The van der Waals surface area contributed by atoms with E-state index in [1.165, 1.54) is 159 Å². The molecule has 0 bridgehead atoms. The number of halogens is 2. The molecular weight excluding hydrogens is 779 g/mol. The second-order valence-electron chi connectivity index (χ2n) is 14.8. The molecule has 0 saturated heterocycles. The molecule has 6 aromatic rings. The van der Waals surface area contributed by atoms with Crippen molar-refractivity contribution in [1.29, 1.82) is 0 Å². The Bertz CT molecular complexity index is 1970. The summed E-state index contributed by atoms with van der Waals surface area (Å²) in [5.74, 6) is 1.58. The van der Waals surface area contributed by atoms with Crippen molar-refractivity contribution >= 4 is 53.2 Å². The van der Waals surface area contributed by atoms with Crippen LogP contribution in [0.4, 0.5) is 0 Å². The summed E-state index contributed by atoms with van der Waals surface area (Å²) in [6.45, 7) is 11.9. The Kier molecular flexibility index (Phi) is 19.8. The predicted octanol–water partition coefficient (Wildman–Crippen LogP) is 15.4. The van der Waals surface area contributed by atoms with Crippen molar-refractivity contribution in [3.8, 4) is 22.3 Å². The molecule has 0 spiro atoms. The van der Waals surface area contributed by atoms with Crippen molar-refractivity contribution in [3.05, 3.63) is 145 Å². The van der Waals surface area contributed by atoms with Gasteiger partial charge in [-0.2, -0.15) is 12.1 Å². The third-order valence-electron chi connectivity index (χ3n) is 11.1. The Hall–Kier alpha value is -2.22.